The van der Waals surface area contributed by atoms with E-state index in [-0.39, 0.29) is 5.41 Å². The molecule has 1 aliphatic rings. The smallest absolute Gasteiger partial charge is 0.257 e. The van der Waals surface area contributed by atoms with Crippen LogP contribution in [0.5, 0.6) is 11.5 Å². The van der Waals surface area contributed by atoms with Crippen molar-refractivity contribution in [1.82, 2.24) is 0 Å². The second-order valence-corrected chi connectivity index (χ2v) is 12.7. The van der Waals surface area contributed by atoms with Gasteiger partial charge in [0, 0.05) is 34.1 Å². The second-order valence-electron chi connectivity index (χ2n) is 10.5. The molecule has 1 heterocycles. The summed E-state index contributed by atoms with van der Waals surface area (Å²) in [7, 11) is -0.944. The third-order valence-corrected chi connectivity index (χ3v) is 7.69. The zero-order chi connectivity index (χ0) is 28.4. The van der Waals surface area contributed by atoms with Crippen molar-refractivity contribution in [2.75, 3.05) is 36.1 Å². The number of methoxy groups -OCH3 is 2. The summed E-state index contributed by atoms with van der Waals surface area (Å²) in [5, 5.41) is 0.448. The highest BCUT2D eigenvalue weighted by Gasteiger charge is 2.41. The molecule has 0 aromatic heterocycles. The van der Waals surface area contributed by atoms with Crippen LogP contribution in [0, 0.1) is 5.41 Å². The molecule has 1 N–H and O–H groups in total. The Morgan fingerprint density at radius 3 is 2.33 bits per heavy atom. The third-order valence-electron chi connectivity index (χ3n) is 6.17. The van der Waals surface area contributed by atoms with Gasteiger partial charge in [-0.15, -0.1) is 0 Å². The number of anilines is 2. The van der Waals surface area contributed by atoms with E-state index in [9.17, 15) is 13.2 Å². The summed E-state index contributed by atoms with van der Waals surface area (Å²) < 4.78 is 46.8. The van der Waals surface area contributed by atoms with Crippen molar-refractivity contribution in [3.05, 3.63) is 82.9 Å². The first kappa shape index (κ1) is 28.7. The van der Waals surface area contributed by atoms with E-state index < -0.39 is 33.9 Å². The number of carbonyl (C=O) groups is 1. The lowest BCUT2D eigenvalue weighted by Gasteiger charge is -2.31. The maximum atomic E-state index is 14.1. The van der Waals surface area contributed by atoms with Crippen molar-refractivity contribution in [3.63, 3.8) is 0 Å². The number of para-hydroxylation sites is 2. The number of nitrogens with one attached hydrogen (secondary N) is 1. The van der Waals surface area contributed by atoms with E-state index in [1.807, 2.05) is 20.8 Å². The highest BCUT2D eigenvalue weighted by Crippen LogP contribution is 2.45. The number of hydrogen-bond donors (Lipinski definition) is 1. The molecule has 0 aliphatic carbocycles. The first-order valence-corrected chi connectivity index (χ1v) is 14.5. The van der Waals surface area contributed by atoms with Crippen LogP contribution in [0.3, 0.4) is 0 Å². The number of sulfonamides is 1. The molecule has 0 saturated carbocycles. The van der Waals surface area contributed by atoms with Gasteiger partial charge in [-0.2, -0.15) is 0 Å². The minimum absolute atomic E-state index is 0.300. The number of halogens is 1. The zero-order valence-corrected chi connectivity index (χ0v) is 24.2. The van der Waals surface area contributed by atoms with Crippen LogP contribution in [0.1, 0.15) is 38.0 Å². The molecular formula is C29H33ClN2O6S. The van der Waals surface area contributed by atoms with Crippen molar-refractivity contribution in [1.29, 1.82) is 0 Å². The Bertz CT molecular complexity index is 1440. The van der Waals surface area contributed by atoms with E-state index >= 15 is 0 Å². The lowest BCUT2D eigenvalue weighted by Crippen LogP contribution is -2.46. The predicted octanol–water partition coefficient (Wildman–Crippen LogP) is 5.67. The fourth-order valence-electron chi connectivity index (χ4n) is 4.60. The average Bonchev–Trinajstić information content (AvgIpc) is 2.97. The molecule has 2 atom stereocenters. The molecule has 3 aromatic carbocycles. The molecule has 0 fully saturated rings. The quantitative estimate of drug-likeness (QED) is 0.374. The van der Waals surface area contributed by atoms with Crippen LogP contribution in [0.2, 0.25) is 5.02 Å². The normalized spacial score (nSPS) is 17.8. The number of amides is 1. The SMILES string of the molecule is COc1cccc([C@H]2O[C@H](CS(=O)(=O)Nc3ccccc3)C(=O)N(CC(C)(C)C)c3ccc(Cl)cc32)c1OC. The standard InChI is InChI=1S/C29H33ClN2O6S/c1-29(2,3)18-32-23-15-14-19(30)16-22(23)26(21-12-9-13-24(36-4)27(21)37-5)38-25(28(32)33)17-39(34,35)31-20-10-7-6-8-11-20/h6-16,25-26,31H,17-18H2,1-5H3/t25-,26-/m1/s1. The van der Waals surface area contributed by atoms with Gasteiger partial charge in [-0.1, -0.05) is 62.7 Å². The Morgan fingerprint density at radius 1 is 0.974 bits per heavy atom. The second kappa shape index (κ2) is 11.5. The molecule has 8 nitrogen and oxygen atoms in total. The van der Waals surface area contributed by atoms with Crippen molar-refractivity contribution in [2.24, 2.45) is 5.41 Å². The highest BCUT2D eigenvalue weighted by molar-refractivity contribution is 7.92. The fourth-order valence-corrected chi connectivity index (χ4v) is 5.98. The fraction of sp³-hybridized carbons (Fsp3) is 0.345. The Kier molecular flexibility index (Phi) is 8.44. The van der Waals surface area contributed by atoms with Crippen LogP contribution in [-0.2, 0) is 19.6 Å². The number of rotatable bonds is 8. The summed E-state index contributed by atoms with van der Waals surface area (Å²) in [6, 6.07) is 19.1. The van der Waals surface area contributed by atoms with E-state index in [4.69, 9.17) is 25.8 Å². The molecule has 0 unspecified atom stereocenters. The molecule has 10 heteroatoms. The molecule has 0 bridgehead atoms. The lowest BCUT2D eigenvalue weighted by molar-refractivity contribution is -0.130. The van der Waals surface area contributed by atoms with E-state index in [0.29, 0.717) is 45.6 Å². The summed E-state index contributed by atoms with van der Waals surface area (Å²) in [4.78, 5) is 15.7. The van der Waals surface area contributed by atoms with Gasteiger partial charge in [0.15, 0.2) is 17.6 Å². The van der Waals surface area contributed by atoms with Crippen LogP contribution in [0.4, 0.5) is 11.4 Å². The first-order valence-electron chi connectivity index (χ1n) is 12.4. The zero-order valence-electron chi connectivity index (χ0n) is 22.6. The Balaban J connectivity index is 1.86. The number of fused-ring (bicyclic) bond motifs is 1. The molecular weight excluding hydrogens is 540 g/mol. The predicted molar refractivity (Wildman–Crippen MR) is 153 cm³/mol. The molecule has 1 amide bonds. The van der Waals surface area contributed by atoms with Crippen molar-refractivity contribution >= 4 is 38.9 Å². The maximum absolute atomic E-state index is 14.1. The van der Waals surface area contributed by atoms with Gasteiger partial charge < -0.3 is 19.1 Å². The third kappa shape index (κ3) is 6.66. The van der Waals surface area contributed by atoms with E-state index in [0.717, 1.165) is 0 Å². The summed E-state index contributed by atoms with van der Waals surface area (Å²) in [5.74, 6) is -0.168. The first-order chi connectivity index (χ1) is 18.4. The molecule has 208 valence electrons. The Hall–Kier alpha value is -3.27. The number of benzene rings is 3. The van der Waals surface area contributed by atoms with Crippen molar-refractivity contribution in [3.8, 4) is 11.5 Å². The van der Waals surface area contributed by atoms with E-state index in [1.54, 1.807) is 71.6 Å². The number of hydrogen-bond acceptors (Lipinski definition) is 6. The van der Waals surface area contributed by atoms with Crippen LogP contribution < -0.4 is 19.1 Å². The van der Waals surface area contributed by atoms with Gasteiger partial charge in [0.25, 0.3) is 5.91 Å². The molecule has 3 aromatic rings. The molecule has 0 spiro atoms. The van der Waals surface area contributed by atoms with Crippen LogP contribution in [0.25, 0.3) is 0 Å². The number of nitrogens with zero attached hydrogens (tertiary/aromatic N) is 1. The Morgan fingerprint density at radius 2 is 1.69 bits per heavy atom. The maximum Gasteiger partial charge on any atom is 0.257 e. The van der Waals surface area contributed by atoms with Gasteiger partial charge in [0.1, 0.15) is 11.9 Å². The van der Waals surface area contributed by atoms with Crippen molar-refractivity contribution < 1.29 is 27.4 Å². The van der Waals surface area contributed by atoms with Gasteiger partial charge in [0.2, 0.25) is 10.0 Å². The molecule has 0 radical (unpaired) electrons. The monoisotopic (exact) mass is 572 g/mol. The summed E-state index contributed by atoms with van der Waals surface area (Å²) >= 11 is 6.44. The molecule has 1 aliphatic heterocycles. The molecule has 39 heavy (non-hydrogen) atoms. The minimum Gasteiger partial charge on any atom is -0.493 e. The van der Waals surface area contributed by atoms with Gasteiger partial charge in [-0.05, 0) is 41.8 Å². The number of carbonyl (C=O) groups excluding carboxylic acids is 1. The van der Waals surface area contributed by atoms with Gasteiger partial charge in [0.05, 0.1) is 14.2 Å². The molecule has 0 saturated heterocycles. The van der Waals surface area contributed by atoms with E-state index in [2.05, 4.69) is 4.72 Å². The Labute approximate surface area is 234 Å². The van der Waals surface area contributed by atoms with Crippen LogP contribution in [0.15, 0.2) is 66.7 Å². The lowest BCUT2D eigenvalue weighted by atomic mass is 9.94. The largest absolute Gasteiger partial charge is 0.493 e. The van der Waals surface area contributed by atoms with Crippen LogP contribution >= 0.6 is 11.6 Å². The van der Waals surface area contributed by atoms with Gasteiger partial charge >= 0.3 is 0 Å². The van der Waals surface area contributed by atoms with Gasteiger partial charge in [-0.3, -0.25) is 9.52 Å². The summed E-state index contributed by atoms with van der Waals surface area (Å²) in [6.07, 6.45) is -2.21. The minimum atomic E-state index is -3.98. The van der Waals surface area contributed by atoms with Crippen LogP contribution in [-0.4, -0.2) is 46.9 Å². The number of ether oxygens (including phenoxy) is 3. The van der Waals surface area contributed by atoms with E-state index in [1.165, 1.54) is 14.2 Å². The molecule has 4 rings (SSSR count). The van der Waals surface area contributed by atoms with Crippen molar-refractivity contribution in [2.45, 2.75) is 33.0 Å². The summed E-state index contributed by atoms with van der Waals surface area (Å²) in [6.45, 7) is 6.35. The topological polar surface area (TPSA) is 94.2 Å². The highest BCUT2D eigenvalue weighted by atomic mass is 35.5. The average molecular weight is 573 g/mol. The summed E-state index contributed by atoms with van der Waals surface area (Å²) in [5.41, 5.74) is 1.87. The van der Waals surface area contributed by atoms with Gasteiger partial charge in [-0.25, -0.2) is 8.42 Å².